The fourth-order valence-electron chi connectivity index (χ4n) is 2.18. The van der Waals surface area contributed by atoms with Gasteiger partial charge in [-0.25, -0.2) is 0 Å². The maximum absolute atomic E-state index is 5.88. The van der Waals surface area contributed by atoms with Gasteiger partial charge in [-0.05, 0) is 29.8 Å². The number of benzene rings is 1. The first-order valence-corrected chi connectivity index (χ1v) is 5.32. The van der Waals surface area contributed by atoms with Gasteiger partial charge < -0.3 is 27.7 Å². The van der Waals surface area contributed by atoms with E-state index in [9.17, 15) is 0 Å². The Morgan fingerprint density at radius 3 is 2.53 bits per heavy atom. The average Bonchev–Trinajstić information content (AvgIpc) is 3.04. The second kappa shape index (κ2) is 2.95. The highest BCUT2D eigenvalue weighted by molar-refractivity contribution is 5.66. The molecule has 0 bridgehead atoms. The number of epoxide rings is 1. The van der Waals surface area contributed by atoms with Gasteiger partial charge in [0.15, 0.2) is 0 Å². The van der Waals surface area contributed by atoms with Crippen LogP contribution in [0.25, 0.3) is 0 Å². The molecule has 2 unspecified atom stereocenters. The molecule has 17 heavy (non-hydrogen) atoms. The van der Waals surface area contributed by atoms with Crippen LogP contribution in [0, 0.1) is 0 Å². The lowest BCUT2D eigenvalue weighted by atomic mass is 9.89. The molecule has 0 saturated carbocycles. The maximum Gasteiger partial charge on any atom is 0.145 e. The van der Waals surface area contributed by atoms with Gasteiger partial charge in [-0.3, -0.25) is 0 Å². The minimum absolute atomic E-state index is 0.185. The predicted octanol–water partition coefficient (Wildman–Crippen LogP) is 0.144. The van der Waals surface area contributed by atoms with Gasteiger partial charge in [0.05, 0.1) is 22.8 Å². The van der Waals surface area contributed by atoms with Crippen molar-refractivity contribution in [1.29, 1.82) is 0 Å². The molecule has 1 aliphatic carbocycles. The second-order valence-corrected chi connectivity index (χ2v) is 4.38. The molecule has 2 aliphatic rings. The smallest absolute Gasteiger partial charge is 0.145 e. The summed E-state index contributed by atoms with van der Waals surface area (Å²) in [6.07, 6.45) is 3.50. The Morgan fingerprint density at radius 2 is 1.82 bits per heavy atom. The lowest BCUT2D eigenvalue weighted by molar-refractivity contribution is 0.343. The summed E-state index contributed by atoms with van der Waals surface area (Å²) in [6, 6.07) is 5.48. The van der Waals surface area contributed by atoms with E-state index < -0.39 is 5.60 Å². The van der Waals surface area contributed by atoms with Gasteiger partial charge in [-0.2, -0.15) is 0 Å². The highest BCUT2D eigenvalue weighted by Gasteiger charge is 2.59. The Kier molecular flexibility index (Phi) is 1.74. The third-order valence-corrected chi connectivity index (χ3v) is 3.31. The number of fused-ring (bicyclic) bond motifs is 1. The zero-order valence-corrected chi connectivity index (χ0v) is 9.18. The van der Waals surface area contributed by atoms with E-state index >= 15 is 0 Å². The van der Waals surface area contributed by atoms with Gasteiger partial charge in [-0.15, -0.1) is 0 Å². The highest BCUT2D eigenvalue weighted by Crippen LogP contribution is 2.52. The van der Waals surface area contributed by atoms with E-state index in [4.69, 9.17) is 27.7 Å². The molecular formula is C12H14N4O. The van der Waals surface area contributed by atoms with Crippen molar-refractivity contribution in [2.24, 2.45) is 11.5 Å². The zero-order chi connectivity index (χ0) is 12.2. The van der Waals surface area contributed by atoms with Gasteiger partial charge in [0.2, 0.25) is 0 Å². The molecule has 2 atom stereocenters. The number of rotatable bonds is 1. The molecule has 1 fully saturated rings. The van der Waals surface area contributed by atoms with Gasteiger partial charge in [0.1, 0.15) is 11.7 Å². The zero-order valence-electron chi connectivity index (χ0n) is 9.18. The van der Waals surface area contributed by atoms with E-state index in [1.54, 1.807) is 12.1 Å². The summed E-state index contributed by atoms with van der Waals surface area (Å²) in [5.41, 5.74) is 25.8. The van der Waals surface area contributed by atoms with Crippen molar-refractivity contribution in [3.63, 3.8) is 0 Å². The summed E-state index contributed by atoms with van der Waals surface area (Å²) >= 11 is 0. The van der Waals surface area contributed by atoms with Crippen LogP contribution in [0.2, 0.25) is 0 Å². The Labute approximate surface area is 98.7 Å². The standard InChI is InChI=1S/C12H14N4O/c13-7-2-1-6(5-9(7)15)12-4-3-8(14)10(16)11(12)17-12/h1-5,11H,13-16H2. The Balaban J connectivity index is 2.03. The van der Waals surface area contributed by atoms with Crippen molar-refractivity contribution < 1.29 is 4.74 Å². The molecule has 0 aromatic heterocycles. The number of ether oxygens (including phenoxy) is 1. The van der Waals surface area contributed by atoms with Gasteiger partial charge in [-0.1, -0.05) is 6.07 Å². The van der Waals surface area contributed by atoms with Crippen molar-refractivity contribution in [1.82, 2.24) is 0 Å². The Bertz CT molecular complexity index is 564. The van der Waals surface area contributed by atoms with Crippen molar-refractivity contribution in [3.05, 3.63) is 47.3 Å². The van der Waals surface area contributed by atoms with Crippen molar-refractivity contribution in [2.75, 3.05) is 11.5 Å². The number of nitrogen functional groups attached to an aromatic ring is 2. The highest BCUT2D eigenvalue weighted by atomic mass is 16.6. The monoisotopic (exact) mass is 230 g/mol. The fraction of sp³-hybridized carbons (Fsp3) is 0.167. The molecule has 5 heteroatoms. The van der Waals surface area contributed by atoms with E-state index in [1.807, 2.05) is 18.2 Å². The molecule has 0 spiro atoms. The molecule has 0 radical (unpaired) electrons. The average molecular weight is 230 g/mol. The van der Waals surface area contributed by atoms with E-state index in [1.165, 1.54) is 0 Å². The molecule has 8 N–H and O–H groups in total. The Morgan fingerprint density at radius 1 is 1.06 bits per heavy atom. The summed E-state index contributed by atoms with van der Waals surface area (Å²) in [5, 5.41) is 0. The summed E-state index contributed by atoms with van der Waals surface area (Å²) < 4.78 is 5.68. The molecule has 1 heterocycles. The molecule has 1 saturated heterocycles. The summed E-state index contributed by atoms with van der Waals surface area (Å²) in [5.74, 6) is 0. The van der Waals surface area contributed by atoms with Gasteiger partial charge >= 0.3 is 0 Å². The molecule has 5 nitrogen and oxygen atoms in total. The third kappa shape index (κ3) is 1.23. The molecular weight excluding hydrogens is 216 g/mol. The number of hydrogen-bond donors (Lipinski definition) is 4. The van der Waals surface area contributed by atoms with Gasteiger partial charge in [0.25, 0.3) is 0 Å². The van der Waals surface area contributed by atoms with Crippen LogP contribution in [0.1, 0.15) is 5.56 Å². The second-order valence-electron chi connectivity index (χ2n) is 4.38. The lowest BCUT2D eigenvalue weighted by Gasteiger charge is -2.14. The molecule has 88 valence electrons. The van der Waals surface area contributed by atoms with Gasteiger partial charge in [0, 0.05) is 0 Å². The first kappa shape index (κ1) is 10.0. The van der Waals surface area contributed by atoms with E-state index in [-0.39, 0.29) is 6.10 Å². The SMILES string of the molecule is NC1=C(N)C2OC2(c2ccc(N)c(N)c2)C=C1. The number of anilines is 2. The van der Waals surface area contributed by atoms with E-state index in [0.29, 0.717) is 22.8 Å². The lowest BCUT2D eigenvalue weighted by Crippen LogP contribution is -2.23. The quantitative estimate of drug-likeness (QED) is 0.404. The largest absolute Gasteiger partial charge is 0.398 e. The number of hydrogen-bond acceptors (Lipinski definition) is 5. The molecule has 1 aromatic carbocycles. The van der Waals surface area contributed by atoms with Crippen molar-refractivity contribution in [3.8, 4) is 0 Å². The van der Waals surface area contributed by atoms with Crippen molar-refractivity contribution in [2.45, 2.75) is 11.7 Å². The van der Waals surface area contributed by atoms with E-state index in [0.717, 1.165) is 5.56 Å². The van der Waals surface area contributed by atoms with Crippen LogP contribution in [-0.4, -0.2) is 6.10 Å². The summed E-state index contributed by atoms with van der Waals surface area (Å²) in [4.78, 5) is 0. The first-order valence-electron chi connectivity index (χ1n) is 5.32. The summed E-state index contributed by atoms with van der Waals surface area (Å²) in [6.45, 7) is 0. The van der Waals surface area contributed by atoms with Crippen LogP contribution in [0.5, 0.6) is 0 Å². The molecule has 1 aliphatic heterocycles. The van der Waals surface area contributed by atoms with Crippen LogP contribution in [0.3, 0.4) is 0 Å². The number of nitrogens with two attached hydrogens (primary N) is 4. The van der Waals surface area contributed by atoms with Crippen LogP contribution in [0.4, 0.5) is 11.4 Å². The summed E-state index contributed by atoms with van der Waals surface area (Å²) in [7, 11) is 0. The number of allylic oxidation sites excluding steroid dienone is 1. The fourth-order valence-corrected chi connectivity index (χ4v) is 2.18. The van der Waals surface area contributed by atoms with Crippen LogP contribution in [-0.2, 0) is 10.3 Å². The normalized spacial score (nSPS) is 30.2. The van der Waals surface area contributed by atoms with E-state index in [2.05, 4.69) is 0 Å². The first-order chi connectivity index (χ1) is 8.04. The van der Waals surface area contributed by atoms with Crippen LogP contribution in [0.15, 0.2) is 41.7 Å². The maximum atomic E-state index is 5.88. The minimum atomic E-state index is -0.505. The predicted molar refractivity (Wildman–Crippen MR) is 66.4 cm³/mol. The van der Waals surface area contributed by atoms with Crippen LogP contribution < -0.4 is 22.9 Å². The molecule has 3 rings (SSSR count). The Hall–Kier alpha value is -2.14. The molecule has 0 amide bonds. The van der Waals surface area contributed by atoms with Crippen molar-refractivity contribution >= 4 is 11.4 Å². The third-order valence-electron chi connectivity index (χ3n) is 3.31. The molecule has 1 aromatic rings. The minimum Gasteiger partial charge on any atom is -0.398 e. The topological polar surface area (TPSA) is 117 Å². The van der Waals surface area contributed by atoms with Crippen LogP contribution >= 0.6 is 0 Å².